The number of aliphatic hydroxyl groups is 1. The van der Waals surface area contributed by atoms with E-state index in [4.69, 9.17) is 0 Å². The van der Waals surface area contributed by atoms with Gasteiger partial charge < -0.3 is 15.7 Å². The topological polar surface area (TPSA) is 61.4 Å². The molecule has 0 radical (unpaired) electrons. The zero-order valence-corrected chi connectivity index (χ0v) is 12.1. The Bertz CT molecular complexity index is 293. The molecule has 110 valence electrons. The van der Waals surface area contributed by atoms with Crippen LogP contribution in [0.15, 0.2) is 0 Å². The van der Waals surface area contributed by atoms with Crippen molar-refractivity contribution < 1.29 is 9.90 Å². The number of nitrogens with one attached hydrogen (secondary N) is 2. The van der Waals surface area contributed by atoms with Crippen LogP contribution in [0.25, 0.3) is 0 Å². The molecule has 4 heteroatoms. The molecule has 2 rings (SSSR count). The molecular formula is C15H28N2O2. The summed E-state index contributed by atoms with van der Waals surface area (Å²) < 4.78 is 0. The number of hydrogen-bond donors (Lipinski definition) is 3. The molecule has 0 spiro atoms. The summed E-state index contributed by atoms with van der Waals surface area (Å²) in [5.74, 6) is 0.959. The van der Waals surface area contributed by atoms with Crippen LogP contribution in [-0.4, -0.2) is 36.2 Å². The number of hydrogen-bond acceptors (Lipinski definition) is 3. The molecule has 0 aromatic carbocycles. The van der Waals surface area contributed by atoms with Gasteiger partial charge in [0.05, 0.1) is 11.5 Å². The van der Waals surface area contributed by atoms with Gasteiger partial charge in [0, 0.05) is 13.1 Å². The summed E-state index contributed by atoms with van der Waals surface area (Å²) in [5, 5.41) is 16.7. The maximum absolute atomic E-state index is 12.0. The number of carbonyl (C=O) groups is 1. The van der Waals surface area contributed by atoms with Crippen molar-refractivity contribution in [3.05, 3.63) is 0 Å². The van der Waals surface area contributed by atoms with E-state index in [0.717, 1.165) is 57.5 Å². The second kappa shape index (κ2) is 6.71. The zero-order chi connectivity index (χ0) is 13.7. The van der Waals surface area contributed by atoms with Crippen LogP contribution < -0.4 is 10.6 Å². The standard InChI is InChI=1S/C15H28N2O2/c1-2-12-5-7-15(19,8-6-12)11-17-14(18)13-4-3-9-16-10-13/h12-13,16,19H,2-11H2,1H3,(H,17,18). The van der Waals surface area contributed by atoms with Crippen LogP contribution >= 0.6 is 0 Å². The highest BCUT2D eigenvalue weighted by Crippen LogP contribution is 2.33. The Morgan fingerprint density at radius 2 is 2.11 bits per heavy atom. The fourth-order valence-electron chi connectivity index (χ4n) is 3.27. The van der Waals surface area contributed by atoms with Crippen molar-refractivity contribution in [3.8, 4) is 0 Å². The van der Waals surface area contributed by atoms with Gasteiger partial charge in [-0.3, -0.25) is 4.79 Å². The van der Waals surface area contributed by atoms with Gasteiger partial charge in [-0.2, -0.15) is 0 Å². The fraction of sp³-hybridized carbons (Fsp3) is 0.933. The summed E-state index contributed by atoms with van der Waals surface area (Å²) in [6.45, 7) is 4.44. The summed E-state index contributed by atoms with van der Waals surface area (Å²) >= 11 is 0. The highest BCUT2D eigenvalue weighted by molar-refractivity contribution is 5.79. The van der Waals surface area contributed by atoms with Crippen LogP contribution in [-0.2, 0) is 4.79 Å². The average molecular weight is 268 g/mol. The molecule has 1 amide bonds. The van der Waals surface area contributed by atoms with Gasteiger partial charge in [0.2, 0.25) is 5.91 Å². The minimum Gasteiger partial charge on any atom is -0.388 e. The lowest BCUT2D eigenvalue weighted by atomic mass is 9.78. The minimum absolute atomic E-state index is 0.0873. The van der Waals surface area contributed by atoms with Gasteiger partial charge in [-0.1, -0.05) is 13.3 Å². The van der Waals surface area contributed by atoms with E-state index in [1.165, 1.54) is 6.42 Å². The van der Waals surface area contributed by atoms with E-state index in [1.807, 2.05) is 0 Å². The van der Waals surface area contributed by atoms with Crippen LogP contribution in [0.2, 0.25) is 0 Å². The average Bonchev–Trinajstić information content (AvgIpc) is 2.47. The molecule has 1 aliphatic heterocycles. The van der Waals surface area contributed by atoms with Crippen molar-refractivity contribution >= 4 is 5.91 Å². The molecule has 0 aromatic rings. The lowest BCUT2D eigenvalue weighted by molar-refractivity contribution is -0.127. The smallest absolute Gasteiger partial charge is 0.224 e. The van der Waals surface area contributed by atoms with Crippen molar-refractivity contribution in [2.45, 2.75) is 57.5 Å². The predicted molar refractivity (Wildman–Crippen MR) is 75.8 cm³/mol. The molecular weight excluding hydrogens is 240 g/mol. The van der Waals surface area contributed by atoms with Crippen molar-refractivity contribution in [2.24, 2.45) is 11.8 Å². The van der Waals surface area contributed by atoms with Gasteiger partial charge in [-0.15, -0.1) is 0 Å². The van der Waals surface area contributed by atoms with Gasteiger partial charge in [0.1, 0.15) is 0 Å². The molecule has 1 heterocycles. The van der Waals surface area contributed by atoms with Gasteiger partial charge in [0.25, 0.3) is 0 Å². The second-order valence-corrected chi connectivity index (χ2v) is 6.34. The Morgan fingerprint density at radius 1 is 1.37 bits per heavy atom. The van der Waals surface area contributed by atoms with E-state index in [-0.39, 0.29) is 11.8 Å². The SMILES string of the molecule is CCC1CCC(O)(CNC(=O)C2CCCNC2)CC1. The Balaban J connectivity index is 1.73. The molecule has 1 saturated carbocycles. The van der Waals surface area contributed by atoms with Gasteiger partial charge in [-0.25, -0.2) is 0 Å². The van der Waals surface area contributed by atoms with Crippen LogP contribution in [0.5, 0.6) is 0 Å². The van der Waals surface area contributed by atoms with Crippen molar-refractivity contribution in [1.29, 1.82) is 0 Å². The quantitative estimate of drug-likeness (QED) is 0.723. The molecule has 0 bridgehead atoms. The van der Waals surface area contributed by atoms with Crippen molar-refractivity contribution in [3.63, 3.8) is 0 Å². The highest BCUT2D eigenvalue weighted by Gasteiger charge is 2.33. The lowest BCUT2D eigenvalue weighted by Crippen LogP contribution is -2.48. The molecule has 3 N–H and O–H groups in total. The molecule has 1 atom stereocenters. The first kappa shape index (κ1) is 14.8. The van der Waals surface area contributed by atoms with Crippen LogP contribution in [0.1, 0.15) is 51.9 Å². The Kier molecular flexibility index (Phi) is 5.22. The summed E-state index contributed by atoms with van der Waals surface area (Å²) in [6.07, 6.45) is 7.08. The second-order valence-electron chi connectivity index (χ2n) is 6.34. The first-order valence-electron chi connectivity index (χ1n) is 7.84. The van der Waals surface area contributed by atoms with E-state index in [0.29, 0.717) is 6.54 Å². The maximum atomic E-state index is 12.0. The van der Waals surface area contributed by atoms with Crippen LogP contribution in [0.3, 0.4) is 0 Å². The van der Waals surface area contributed by atoms with E-state index in [1.54, 1.807) is 0 Å². The minimum atomic E-state index is -0.663. The van der Waals surface area contributed by atoms with E-state index >= 15 is 0 Å². The number of piperidine rings is 1. The highest BCUT2D eigenvalue weighted by atomic mass is 16.3. The molecule has 1 saturated heterocycles. The number of amides is 1. The summed E-state index contributed by atoms with van der Waals surface area (Å²) in [4.78, 5) is 12.0. The maximum Gasteiger partial charge on any atom is 0.224 e. The molecule has 1 aliphatic carbocycles. The van der Waals surface area contributed by atoms with Crippen molar-refractivity contribution in [2.75, 3.05) is 19.6 Å². The third-order valence-corrected chi connectivity index (χ3v) is 4.87. The first-order valence-corrected chi connectivity index (χ1v) is 7.84. The summed E-state index contributed by atoms with van der Waals surface area (Å²) in [7, 11) is 0. The largest absolute Gasteiger partial charge is 0.388 e. The van der Waals surface area contributed by atoms with Gasteiger partial charge in [-0.05, 0) is 51.0 Å². The molecule has 0 aromatic heterocycles. The van der Waals surface area contributed by atoms with E-state index in [2.05, 4.69) is 17.6 Å². The third kappa shape index (κ3) is 4.18. The van der Waals surface area contributed by atoms with Crippen LogP contribution in [0.4, 0.5) is 0 Å². The van der Waals surface area contributed by atoms with Crippen molar-refractivity contribution in [1.82, 2.24) is 10.6 Å². The molecule has 2 fully saturated rings. The first-order chi connectivity index (χ1) is 9.13. The molecule has 19 heavy (non-hydrogen) atoms. The summed E-state index contributed by atoms with van der Waals surface area (Å²) in [6, 6.07) is 0. The molecule has 2 aliphatic rings. The van der Waals surface area contributed by atoms with Gasteiger partial charge >= 0.3 is 0 Å². The van der Waals surface area contributed by atoms with E-state index in [9.17, 15) is 9.90 Å². The monoisotopic (exact) mass is 268 g/mol. The van der Waals surface area contributed by atoms with Gasteiger partial charge in [0.15, 0.2) is 0 Å². The Morgan fingerprint density at radius 3 is 2.68 bits per heavy atom. The number of rotatable bonds is 4. The lowest BCUT2D eigenvalue weighted by Gasteiger charge is -2.36. The number of carbonyl (C=O) groups excluding carboxylic acids is 1. The Hall–Kier alpha value is -0.610. The zero-order valence-electron chi connectivity index (χ0n) is 12.1. The fourth-order valence-corrected chi connectivity index (χ4v) is 3.27. The third-order valence-electron chi connectivity index (χ3n) is 4.87. The Labute approximate surface area is 116 Å². The van der Waals surface area contributed by atoms with E-state index < -0.39 is 5.60 Å². The van der Waals surface area contributed by atoms with Crippen LogP contribution in [0, 0.1) is 11.8 Å². The normalized spacial score (nSPS) is 35.9. The predicted octanol–water partition coefficient (Wildman–Crippen LogP) is 1.43. The summed E-state index contributed by atoms with van der Waals surface area (Å²) in [5.41, 5.74) is -0.663. The molecule has 4 nitrogen and oxygen atoms in total. The molecule has 1 unspecified atom stereocenters.